The number of anilines is 2. The van der Waals surface area contributed by atoms with Crippen molar-refractivity contribution in [3.8, 4) is 0 Å². The van der Waals surface area contributed by atoms with E-state index >= 15 is 0 Å². The van der Waals surface area contributed by atoms with E-state index in [0.717, 1.165) is 29.0 Å². The molecule has 1 unspecified atom stereocenters. The summed E-state index contributed by atoms with van der Waals surface area (Å²) in [4.78, 5) is 11.3. The van der Waals surface area contributed by atoms with Crippen LogP contribution < -0.4 is 10.6 Å². The molecule has 2 aromatic heterocycles. The number of rotatable bonds is 7. The highest BCUT2D eigenvalue weighted by molar-refractivity contribution is 7.18. The minimum atomic E-state index is -0.737. The fourth-order valence-electron chi connectivity index (χ4n) is 1.89. The van der Waals surface area contributed by atoms with Crippen molar-refractivity contribution in [2.75, 3.05) is 23.7 Å². The van der Waals surface area contributed by atoms with Gasteiger partial charge in [-0.2, -0.15) is 4.98 Å². The van der Waals surface area contributed by atoms with Crippen molar-refractivity contribution in [3.63, 3.8) is 0 Å². The lowest BCUT2D eigenvalue weighted by Crippen LogP contribution is -2.32. The van der Waals surface area contributed by atoms with E-state index in [9.17, 15) is 5.11 Å². The number of thiophene rings is 1. The monoisotopic (exact) mass is 308 g/mol. The molecular weight excluding hydrogens is 284 g/mol. The Kier molecular flexibility index (Phi) is 5.00. The maximum Gasteiger partial charge on any atom is 0.226 e. The van der Waals surface area contributed by atoms with Gasteiger partial charge in [0, 0.05) is 18.0 Å². The smallest absolute Gasteiger partial charge is 0.226 e. The van der Waals surface area contributed by atoms with Crippen LogP contribution in [0.2, 0.25) is 0 Å². The third-order valence-electron chi connectivity index (χ3n) is 3.45. The first kappa shape index (κ1) is 16.0. The zero-order valence-corrected chi connectivity index (χ0v) is 14.0. The van der Waals surface area contributed by atoms with Gasteiger partial charge in [0.25, 0.3) is 0 Å². The highest BCUT2D eigenvalue weighted by Crippen LogP contribution is 2.30. The van der Waals surface area contributed by atoms with Crippen LogP contribution in [0.5, 0.6) is 0 Å². The number of hydrogen-bond acceptors (Lipinski definition) is 6. The van der Waals surface area contributed by atoms with Crippen LogP contribution in [0.1, 0.15) is 38.5 Å². The summed E-state index contributed by atoms with van der Waals surface area (Å²) in [6.45, 7) is 9.29. The zero-order valence-electron chi connectivity index (χ0n) is 13.2. The predicted molar refractivity (Wildman–Crippen MR) is 90.3 cm³/mol. The normalized spacial score (nSPS) is 14.1. The van der Waals surface area contributed by atoms with Crippen molar-refractivity contribution in [3.05, 3.63) is 10.9 Å². The second-order valence-corrected chi connectivity index (χ2v) is 6.84. The van der Waals surface area contributed by atoms with Gasteiger partial charge in [0.2, 0.25) is 5.95 Å². The molecular formula is C15H24N4OS. The molecule has 0 saturated carbocycles. The Morgan fingerprint density at radius 3 is 2.71 bits per heavy atom. The molecule has 5 nitrogen and oxygen atoms in total. The van der Waals surface area contributed by atoms with Crippen LogP contribution in [0, 0.1) is 6.92 Å². The predicted octanol–water partition coefficient (Wildman–Crippen LogP) is 3.39. The summed E-state index contributed by atoms with van der Waals surface area (Å²) in [5, 5.41) is 17.7. The van der Waals surface area contributed by atoms with Gasteiger partial charge < -0.3 is 15.7 Å². The highest BCUT2D eigenvalue weighted by Gasteiger charge is 2.18. The minimum Gasteiger partial charge on any atom is -0.388 e. The van der Waals surface area contributed by atoms with Crippen LogP contribution in [0.15, 0.2) is 6.07 Å². The third kappa shape index (κ3) is 4.04. The van der Waals surface area contributed by atoms with E-state index in [1.807, 2.05) is 13.8 Å². The summed E-state index contributed by atoms with van der Waals surface area (Å²) in [6.07, 6.45) is 1.72. The third-order valence-corrected chi connectivity index (χ3v) is 4.39. The summed E-state index contributed by atoms with van der Waals surface area (Å²) >= 11 is 1.66. The molecule has 0 aromatic carbocycles. The van der Waals surface area contributed by atoms with Crippen LogP contribution in [0.25, 0.3) is 10.2 Å². The highest BCUT2D eigenvalue weighted by atomic mass is 32.1. The van der Waals surface area contributed by atoms with Crippen molar-refractivity contribution in [2.45, 2.75) is 46.1 Å². The molecule has 0 saturated heterocycles. The average Bonchev–Trinajstić information content (AvgIpc) is 2.83. The first-order valence-electron chi connectivity index (χ1n) is 7.43. The molecule has 0 amide bonds. The van der Waals surface area contributed by atoms with Crippen LogP contribution in [-0.4, -0.2) is 33.8 Å². The molecule has 1 atom stereocenters. The van der Waals surface area contributed by atoms with E-state index in [0.29, 0.717) is 18.9 Å². The second kappa shape index (κ2) is 6.58. The van der Waals surface area contributed by atoms with Crippen LogP contribution in [0.4, 0.5) is 11.8 Å². The topological polar surface area (TPSA) is 70.1 Å². The summed E-state index contributed by atoms with van der Waals surface area (Å²) in [7, 11) is 0. The number of hydrogen-bond donors (Lipinski definition) is 3. The van der Waals surface area contributed by atoms with Crippen molar-refractivity contribution in [1.29, 1.82) is 0 Å². The number of nitrogens with zero attached hydrogens (tertiary/aromatic N) is 2. The Balaban J connectivity index is 2.30. The SMILES string of the molecule is CCCNc1nc(NCC(C)(O)CC)c2cc(C)sc2n1. The van der Waals surface area contributed by atoms with Crippen molar-refractivity contribution in [2.24, 2.45) is 0 Å². The van der Waals surface area contributed by atoms with E-state index in [1.54, 1.807) is 11.3 Å². The molecule has 0 radical (unpaired) electrons. The Labute approximate surface area is 129 Å². The number of aryl methyl sites for hydroxylation is 1. The maximum absolute atomic E-state index is 10.2. The van der Waals surface area contributed by atoms with Gasteiger partial charge in [-0.3, -0.25) is 0 Å². The van der Waals surface area contributed by atoms with Crippen molar-refractivity contribution < 1.29 is 5.11 Å². The van der Waals surface area contributed by atoms with Gasteiger partial charge in [0.15, 0.2) is 0 Å². The van der Waals surface area contributed by atoms with E-state index in [-0.39, 0.29) is 0 Å². The summed E-state index contributed by atoms with van der Waals surface area (Å²) in [5.74, 6) is 1.43. The fraction of sp³-hybridized carbons (Fsp3) is 0.600. The molecule has 6 heteroatoms. The molecule has 3 N–H and O–H groups in total. The average molecular weight is 308 g/mol. The lowest BCUT2D eigenvalue weighted by atomic mass is 10.0. The van der Waals surface area contributed by atoms with E-state index in [2.05, 4.69) is 40.5 Å². The molecule has 0 spiro atoms. The summed E-state index contributed by atoms with van der Waals surface area (Å²) in [6, 6.07) is 2.09. The lowest BCUT2D eigenvalue weighted by Gasteiger charge is -2.22. The maximum atomic E-state index is 10.2. The van der Waals surface area contributed by atoms with Gasteiger partial charge in [-0.15, -0.1) is 11.3 Å². The summed E-state index contributed by atoms with van der Waals surface area (Å²) in [5.41, 5.74) is -0.737. The van der Waals surface area contributed by atoms with E-state index < -0.39 is 5.60 Å². The number of aliphatic hydroxyl groups is 1. The Morgan fingerprint density at radius 1 is 1.29 bits per heavy atom. The largest absolute Gasteiger partial charge is 0.388 e. The molecule has 2 heterocycles. The molecule has 0 fully saturated rings. The molecule has 0 aliphatic rings. The van der Waals surface area contributed by atoms with Gasteiger partial charge in [0.05, 0.1) is 11.0 Å². The van der Waals surface area contributed by atoms with E-state index in [4.69, 9.17) is 0 Å². The Morgan fingerprint density at radius 2 is 2.05 bits per heavy atom. The number of fused-ring (bicyclic) bond motifs is 1. The van der Waals surface area contributed by atoms with Gasteiger partial charge in [0.1, 0.15) is 10.6 Å². The molecule has 0 aliphatic carbocycles. The second-order valence-electron chi connectivity index (χ2n) is 5.60. The standard InChI is InChI=1S/C15H24N4OS/c1-5-7-16-14-18-12(17-9-15(4,20)6-2)11-8-10(3)21-13(11)19-14/h8,20H,5-7,9H2,1-4H3,(H2,16,17,18,19). The van der Waals surface area contributed by atoms with Gasteiger partial charge in [-0.25, -0.2) is 4.98 Å². The quantitative estimate of drug-likeness (QED) is 0.731. The summed E-state index contributed by atoms with van der Waals surface area (Å²) < 4.78 is 0. The first-order valence-corrected chi connectivity index (χ1v) is 8.25. The molecule has 116 valence electrons. The zero-order chi connectivity index (χ0) is 15.5. The molecule has 0 aliphatic heterocycles. The molecule has 2 aromatic rings. The number of nitrogens with one attached hydrogen (secondary N) is 2. The van der Waals surface area contributed by atoms with Crippen LogP contribution in [0.3, 0.4) is 0 Å². The van der Waals surface area contributed by atoms with Crippen LogP contribution in [-0.2, 0) is 0 Å². The van der Waals surface area contributed by atoms with Crippen molar-refractivity contribution in [1.82, 2.24) is 9.97 Å². The molecule has 2 rings (SSSR count). The molecule has 21 heavy (non-hydrogen) atoms. The van der Waals surface area contributed by atoms with E-state index in [1.165, 1.54) is 4.88 Å². The first-order chi connectivity index (χ1) is 9.95. The van der Waals surface area contributed by atoms with Crippen molar-refractivity contribution >= 4 is 33.3 Å². The fourth-order valence-corrected chi connectivity index (χ4v) is 2.77. The van der Waals surface area contributed by atoms with Gasteiger partial charge in [-0.05, 0) is 32.8 Å². The molecule has 0 bridgehead atoms. The minimum absolute atomic E-state index is 0.470. The lowest BCUT2D eigenvalue weighted by molar-refractivity contribution is 0.0697. The van der Waals surface area contributed by atoms with Crippen LogP contribution >= 0.6 is 11.3 Å². The Hall–Kier alpha value is -1.40. The Bertz CT molecular complexity index is 609. The van der Waals surface area contributed by atoms with Gasteiger partial charge >= 0.3 is 0 Å². The number of aromatic nitrogens is 2. The van der Waals surface area contributed by atoms with Gasteiger partial charge in [-0.1, -0.05) is 13.8 Å².